The molecule has 0 spiro atoms. The monoisotopic (exact) mass is 256 g/mol. The Morgan fingerprint density at radius 1 is 1.22 bits per heavy atom. The van der Waals surface area contributed by atoms with Crippen LogP contribution in [0.15, 0.2) is 10.7 Å². The van der Waals surface area contributed by atoms with E-state index in [0.29, 0.717) is 25.8 Å². The van der Waals surface area contributed by atoms with E-state index in [1.54, 1.807) is 6.26 Å². The normalized spacial score (nSPS) is 10.8. The first-order chi connectivity index (χ1) is 8.86. The molecule has 0 radical (unpaired) electrons. The Balaban J connectivity index is 2.07. The molecule has 5 heteroatoms. The van der Waals surface area contributed by atoms with E-state index in [1.165, 1.54) is 0 Å². The molecule has 0 saturated heterocycles. The molecule has 0 unspecified atom stereocenters. The van der Waals surface area contributed by atoms with Crippen molar-refractivity contribution >= 4 is 0 Å². The third kappa shape index (κ3) is 6.61. The van der Waals surface area contributed by atoms with Crippen molar-refractivity contribution in [1.82, 2.24) is 10.3 Å². The van der Waals surface area contributed by atoms with Crippen molar-refractivity contribution in [1.29, 1.82) is 0 Å². The zero-order valence-corrected chi connectivity index (χ0v) is 11.4. The summed E-state index contributed by atoms with van der Waals surface area (Å²) in [5.41, 5.74) is 0.866. The van der Waals surface area contributed by atoms with Crippen LogP contribution in [-0.4, -0.2) is 31.3 Å². The molecule has 0 aromatic carbocycles. The van der Waals surface area contributed by atoms with Crippen LogP contribution >= 0.6 is 0 Å². The van der Waals surface area contributed by atoms with Crippen LogP contribution in [0.2, 0.25) is 0 Å². The topological polar surface area (TPSA) is 56.5 Å². The smallest absolute Gasteiger partial charge is 0.393 e. The molecule has 0 saturated carbocycles. The molecular formula is C13H24N2O3. The maximum absolute atomic E-state index is 5.38. The third-order valence-corrected chi connectivity index (χ3v) is 2.36. The first-order valence-corrected chi connectivity index (χ1v) is 6.72. The zero-order chi connectivity index (χ0) is 13.1. The summed E-state index contributed by atoms with van der Waals surface area (Å²) in [5.74, 6) is 0. The standard InChI is InChI=1S/C13H24N2O3/c1-3-5-7-16-8-9-17-13-15-12(11-18-13)10-14-6-4-2/h11,14H,3-10H2,1-2H3. The molecular weight excluding hydrogens is 232 g/mol. The average Bonchev–Trinajstić information content (AvgIpc) is 2.82. The van der Waals surface area contributed by atoms with Gasteiger partial charge in [-0.2, -0.15) is 4.98 Å². The van der Waals surface area contributed by atoms with Gasteiger partial charge in [-0.15, -0.1) is 0 Å². The fraction of sp³-hybridized carbons (Fsp3) is 0.769. The van der Waals surface area contributed by atoms with E-state index in [1.807, 2.05) is 0 Å². The van der Waals surface area contributed by atoms with Crippen molar-refractivity contribution in [3.05, 3.63) is 12.0 Å². The van der Waals surface area contributed by atoms with E-state index < -0.39 is 0 Å². The number of hydrogen-bond acceptors (Lipinski definition) is 5. The third-order valence-electron chi connectivity index (χ3n) is 2.36. The summed E-state index contributed by atoms with van der Waals surface area (Å²) >= 11 is 0. The van der Waals surface area contributed by atoms with Gasteiger partial charge in [0.1, 0.15) is 12.9 Å². The molecule has 18 heavy (non-hydrogen) atoms. The van der Waals surface area contributed by atoms with E-state index in [9.17, 15) is 0 Å². The molecule has 5 nitrogen and oxygen atoms in total. The summed E-state index contributed by atoms with van der Waals surface area (Å²) in [6.07, 6.45) is 5.29. The fourth-order valence-electron chi connectivity index (χ4n) is 1.37. The minimum atomic E-state index is 0.322. The molecule has 1 aromatic heterocycles. The number of oxazole rings is 1. The van der Waals surface area contributed by atoms with Gasteiger partial charge in [0, 0.05) is 13.2 Å². The highest BCUT2D eigenvalue weighted by molar-refractivity contribution is 4.99. The van der Waals surface area contributed by atoms with Crippen molar-refractivity contribution < 1.29 is 13.9 Å². The van der Waals surface area contributed by atoms with E-state index >= 15 is 0 Å². The number of ether oxygens (including phenoxy) is 2. The zero-order valence-electron chi connectivity index (χ0n) is 11.4. The van der Waals surface area contributed by atoms with Crippen LogP contribution in [0, 0.1) is 0 Å². The van der Waals surface area contributed by atoms with Gasteiger partial charge in [0.15, 0.2) is 0 Å². The highest BCUT2D eigenvalue weighted by Crippen LogP contribution is 2.09. The molecule has 104 valence electrons. The molecule has 0 aliphatic heterocycles. The molecule has 1 heterocycles. The summed E-state index contributed by atoms with van der Waals surface area (Å²) in [7, 11) is 0. The van der Waals surface area contributed by atoms with Gasteiger partial charge < -0.3 is 19.2 Å². The van der Waals surface area contributed by atoms with Crippen molar-refractivity contribution in [2.45, 2.75) is 39.7 Å². The van der Waals surface area contributed by atoms with E-state index in [4.69, 9.17) is 13.9 Å². The van der Waals surface area contributed by atoms with Crippen LogP contribution in [-0.2, 0) is 11.3 Å². The first kappa shape index (κ1) is 15.0. The SMILES string of the molecule is CCCCOCCOc1nc(CNCCC)co1. The Morgan fingerprint density at radius 2 is 2.11 bits per heavy atom. The Hall–Kier alpha value is -1.07. The molecule has 1 aromatic rings. The van der Waals surface area contributed by atoms with Crippen LogP contribution in [0.3, 0.4) is 0 Å². The number of hydrogen-bond donors (Lipinski definition) is 1. The molecule has 1 rings (SSSR count). The lowest BCUT2D eigenvalue weighted by molar-refractivity contribution is 0.0864. The van der Waals surface area contributed by atoms with Crippen LogP contribution in [0.4, 0.5) is 0 Å². The predicted octanol–water partition coefficient (Wildman–Crippen LogP) is 2.37. The number of nitrogens with one attached hydrogen (secondary N) is 1. The second-order valence-corrected chi connectivity index (χ2v) is 4.10. The lowest BCUT2D eigenvalue weighted by Crippen LogP contribution is -2.14. The quantitative estimate of drug-likeness (QED) is 0.616. The molecule has 0 amide bonds. The minimum absolute atomic E-state index is 0.322. The van der Waals surface area contributed by atoms with Gasteiger partial charge in [0.2, 0.25) is 0 Å². The number of aromatic nitrogens is 1. The lowest BCUT2D eigenvalue weighted by atomic mass is 10.4. The molecule has 0 fully saturated rings. The summed E-state index contributed by atoms with van der Waals surface area (Å²) in [6, 6.07) is 0. The van der Waals surface area contributed by atoms with Crippen molar-refractivity contribution in [2.24, 2.45) is 0 Å². The van der Waals surface area contributed by atoms with E-state index in [2.05, 4.69) is 24.1 Å². The van der Waals surface area contributed by atoms with Gasteiger partial charge in [-0.3, -0.25) is 0 Å². The highest BCUT2D eigenvalue weighted by Gasteiger charge is 2.04. The molecule has 0 atom stereocenters. The molecule has 0 aliphatic carbocycles. The van der Waals surface area contributed by atoms with Gasteiger partial charge in [-0.1, -0.05) is 20.3 Å². The second-order valence-electron chi connectivity index (χ2n) is 4.10. The lowest BCUT2D eigenvalue weighted by Gasteiger charge is -2.02. The predicted molar refractivity (Wildman–Crippen MR) is 69.7 cm³/mol. The Kier molecular flexibility index (Phi) is 8.25. The minimum Gasteiger partial charge on any atom is -0.448 e. The average molecular weight is 256 g/mol. The largest absolute Gasteiger partial charge is 0.448 e. The molecule has 1 N–H and O–H groups in total. The summed E-state index contributed by atoms with van der Waals surface area (Å²) in [4.78, 5) is 4.21. The second kappa shape index (κ2) is 9.91. The van der Waals surface area contributed by atoms with Gasteiger partial charge in [0.05, 0.1) is 12.3 Å². The van der Waals surface area contributed by atoms with E-state index in [0.717, 1.165) is 38.1 Å². The Labute approximate surface area is 109 Å². The van der Waals surface area contributed by atoms with Crippen molar-refractivity contribution in [3.63, 3.8) is 0 Å². The van der Waals surface area contributed by atoms with Gasteiger partial charge in [-0.05, 0) is 19.4 Å². The number of rotatable bonds is 11. The number of unbranched alkanes of at least 4 members (excludes halogenated alkanes) is 1. The van der Waals surface area contributed by atoms with Crippen LogP contribution in [0.5, 0.6) is 6.08 Å². The maximum Gasteiger partial charge on any atom is 0.393 e. The summed E-state index contributed by atoms with van der Waals surface area (Å²) in [5, 5.41) is 3.25. The fourth-order valence-corrected chi connectivity index (χ4v) is 1.37. The number of nitrogens with zero attached hydrogens (tertiary/aromatic N) is 1. The molecule has 0 aliphatic rings. The van der Waals surface area contributed by atoms with Crippen molar-refractivity contribution in [3.8, 4) is 6.08 Å². The van der Waals surface area contributed by atoms with Gasteiger partial charge in [-0.25, -0.2) is 0 Å². The van der Waals surface area contributed by atoms with E-state index in [-0.39, 0.29) is 0 Å². The van der Waals surface area contributed by atoms with Crippen molar-refractivity contribution in [2.75, 3.05) is 26.4 Å². The Bertz CT molecular complexity index is 302. The highest BCUT2D eigenvalue weighted by atomic mass is 16.6. The van der Waals surface area contributed by atoms with Gasteiger partial charge in [0.25, 0.3) is 0 Å². The maximum atomic E-state index is 5.38. The van der Waals surface area contributed by atoms with Crippen LogP contribution < -0.4 is 10.1 Å². The first-order valence-electron chi connectivity index (χ1n) is 6.72. The van der Waals surface area contributed by atoms with Gasteiger partial charge >= 0.3 is 6.08 Å². The Morgan fingerprint density at radius 3 is 2.89 bits per heavy atom. The molecule has 0 bridgehead atoms. The summed E-state index contributed by atoms with van der Waals surface area (Å²) < 4.78 is 15.9. The van der Waals surface area contributed by atoms with Crippen LogP contribution in [0.25, 0.3) is 0 Å². The summed E-state index contributed by atoms with van der Waals surface area (Å²) in [6.45, 7) is 7.81. The van der Waals surface area contributed by atoms with Crippen LogP contribution in [0.1, 0.15) is 38.8 Å².